The maximum atomic E-state index is 11.6. The number of nitrogens with one attached hydrogen (secondary N) is 1. The smallest absolute Gasteiger partial charge is 0.348 e. The third-order valence-electron chi connectivity index (χ3n) is 1.33. The van der Waals surface area contributed by atoms with Crippen molar-refractivity contribution >= 4 is 16.8 Å². The number of rotatable bonds is 4. The lowest BCUT2D eigenvalue weighted by Gasteiger charge is -2.10. The van der Waals surface area contributed by atoms with Gasteiger partial charge in [0.25, 0.3) is 0 Å². The molecule has 0 atom stereocenters. The molecular weight excluding hydrogens is 203 g/mol. The molecule has 1 N–H and O–H groups in total. The predicted molar refractivity (Wildman–Crippen MR) is 49.4 cm³/mol. The highest BCUT2D eigenvalue weighted by Crippen LogP contribution is 2.15. The van der Waals surface area contributed by atoms with Crippen molar-refractivity contribution in [1.29, 1.82) is 0 Å². The van der Waals surface area contributed by atoms with Crippen molar-refractivity contribution in [1.82, 2.24) is 5.32 Å². The first-order valence-corrected chi connectivity index (χ1v) is 6.26. The van der Waals surface area contributed by atoms with E-state index in [4.69, 9.17) is 0 Å². The Labute approximate surface area is 78.2 Å². The van der Waals surface area contributed by atoms with Gasteiger partial charge >= 0.3 is 12.1 Å². The maximum Gasteiger partial charge on any atom is 0.471 e. The fraction of sp³-hybridized carbons (Fsp3) is 0.857. The fourth-order valence-electron chi connectivity index (χ4n) is 0.697. The summed E-state index contributed by atoms with van der Waals surface area (Å²) in [5, 5.41) is 1.82. The van der Waals surface area contributed by atoms with Gasteiger partial charge < -0.3 is 5.32 Å². The van der Waals surface area contributed by atoms with Crippen LogP contribution in [0.3, 0.4) is 0 Å². The summed E-state index contributed by atoms with van der Waals surface area (Å²) in [6.07, 6.45) is -0.0501. The molecule has 0 unspecified atom stereocenters. The van der Waals surface area contributed by atoms with E-state index in [2.05, 4.69) is 0 Å². The number of halogens is 3. The van der Waals surface area contributed by atoms with Crippen LogP contribution in [0, 0.1) is 0 Å². The molecule has 0 spiro atoms. The van der Waals surface area contributed by atoms with Crippen LogP contribution in [0.5, 0.6) is 0 Å². The Kier molecular flexibility index (Phi) is 5.20. The molecule has 0 heterocycles. The minimum absolute atomic E-state index is 0.0920. The molecule has 0 aromatic rings. The normalized spacial score (nSPS) is 12.5. The van der Waals surface area contributed by atoms with Crippen LogP contribution in [0.15, 0.2) is 0 Å². The molecule has 80 valence electrons. The van der Waals surface area contributed by atoms with Gasteiger partial charge in [-0.3, -0.25) is 15.7 Å². The average molecular weight is 217 g/mol. The number of carbonyl (C=O) groups excluding carboxylic acids is 1. The van der Waals surface area contributed by atoms with Crippen molar-refractivity contribution < 1.29 is 18.0 Å². The molecule has 0 aromatic carbocycles. The summed E-state index contributed by atoms with van der Waals surface area (Å²) >= 11 is 0. The van der Waals surface area contributed by atoms with E-state index in [1.807, 2.05) is 17.8 Å². The molecule has 0 aromatic heterocycles. The summed E-state index contributed by atoms with van der Waals surface area (Å²) in [7, 11) is -0.0920. The lowest BCUT2D eigenvalue weighted by Crippen LogP contribution is -2.37. The second-order valence-corrected chi connectivity index (χ2v) is 5.52. The number of carbonyl (C=O) groups is 1. The average Bonchev–Trinajstić information content (AvgIpc) is 1.95. The van der Waals surface area contributed by atoms with Gasteiger partial charge in [0, 0.05) is 6.54 Å². The quantitative estimate of drug-likeness (QED) is 0.539. The second kappa shape index (κ2) is 5.36. The van der Waals surface area contributed by atoms with Crippen LogP contribution >= 0.6 is 10.9 Å². The van der Waals surface area contributed by atoms with Gasteiger partial charge in [-0.05, 0) is 24.7 Å². The third-order valence-corrected chi connectivity index (χ3v) is 2.54. The zero-order chi connectivity index (χ0) is 10.5. The molecule has 13 heavy (non-hydrogen) atoms. The van der Waals surface area contributed by atoms with Crippen LogP contribution in [-0.2, 0) is 4.79 Å². The molecule has 0 aliphatic rings. The van der Waals surface area contributed by atoms with Crippen molar-refractivity contribution in [2.24, 2.45) is 0 Å². The summed E-state index contributed by atoms with van der Waals surface area (Å²) in [4.78, 5) is 10.3. The molecule has 0 saturated heterocycles. The zero-order valence-corrected chi connectivity index (χ0v) is 8.51. The van der Waals surface area contributed by atoms with Crippen molar-refractivity contribution in [3.8, 4) is 0 Å². The van der Waals surface area contributed by atoms with E-state index in [1.165, 1.54) is 0 Å². The third kappa shape index (κ3) is 6.74. The van der Waals surface area contributed by atoms with Crippen molar-refractivity contribution in [2.45, 2.75) is 12.6 Å². The van der Waals surface area contributed by atoms with E-state index in [9.17, 15) is 18.0 Å². The maximum absolute atomic E-state index is 11.6. The van der Waals surface area contributed by atoms with Crippen LogP contribution in [0.4, 0.5) is 13.2 Å². The highest BCUT2D eigenvalue weighted by molar-refractivity contribution is 8.15. The van der Waals surface area contributed by atoms with E-state index >= 15 is 0 Å². The molecule has 6 heteroatoms. The molecule has 0 aliphatic carbocycles. The zero-order valence-electron chi connectivity index (χ0n) is 7.61. The molecule has 0 aliphatic heterocycles. The summed E-state index contributed by atoms with van der Waals surface area (Å²) in [6.45, 7) is 0.110. The van der Waals surface area contributed by atoms with Crippen LogP contribution in [-0.4, -0.2) is 36.9 Å². The van der Waals surface area contributed by atoms with Gasteiger partial charge in [0.1, 0.15) is 0 Å². The summed E-state index contributed by atoms with van der Waals surface area (Å²) in [5.41, 5.74) is 0. The first-order valence-electron chi connectivity index (χ1n) is 3.84. The van der Waals surface area contributed by atoms with Crippen LogP contribution in [0.25, 0.3) is 0 Å². The van der Waals surface area contributed by atoms with Gasteiger partial charge in [-0.25, -0.2) is 0 Å². The first kappa shape index (κ1) is 12.6. The van der Waals surface area contributed by atoms with Gasteiger partial charge in [0.05, 0.1) is 0 Å². The van der Waals surface area contributed by atoms with Crippen LogP contribution in [0.1, 0.15) is 6.42 Å². The number of hydrogen-bond acceptors (Lipinski definition) is 1. The Hall–Kier alpha value is -0.390. The molecule has 0 fully saturated rings. The van der Waals surface area contributed by atoms with Crippen molar-refractivity contribution in [3.05, 3.63) is 0 Å². The highest BCUT2D eigenvalue weighted by atomic mass is 32.2. The van der Waals surface area contributed by atoms with E-state index in [0.717, 1.165) is 5.75 Å². The van der Waals surface area contributed by atoms with Gasteiger partial charge in [-0.15, -0.1) is 0 Å². The van der Waals surface area contributed by atoms with E-state index < -0.39 is 12.1 Å². The summed E-state index contributed by atoms with van der Waals surface area (Å²) in [6, 6.07) is 0. The topological polar surface area (TPSA) is 29.1 Å². The lowest BCUT2D eigenvalue weighted by molar-refractivity contribution is -0.173. The summed E-state index contributed by atoms with van der Waals surface area (Å²) in [5.74, 6) is -0.961. The van der Waals surface area contributed by atoms with Crippen molar-refractivity contribution in [2.75, 3.05) is 24.8 Å². The lowest BCUT2D eigenvalue weighted by atomic mass is 10.4. The molecule has 2 nitrogen and oxygen atoms in total. The van der Waals surface area contributed by atoms with Gasteiger partial charge in [0.15, 0.2) is 0 Å². The number of hydrogen-bond donors (Lipinski definition) is 2. The van der Waals surface area contributed by atoms with E-state index in [0.29, 0.717) is 6.42 Å². The molecule has 0 saturated carbocycles. The largest absolute Gasteiger partial charge is 0.471 e. The Morgan fingerprint density at radius 3 is 2.31 bits per heavy atom. The van der Waals surface area contributed by atoms with E-state index in [1.54, 1.807) is 0 Å². The van der Waals surface area contributed by atoms with Gasteiger partial charge in [-0.2, -0.15) is 13.2 Å². The standard InChI is InChI=1S/C7H14F3NOS/c1-13(2)5-3-4-11-6(12)7(8,9)10/h13H,3-5H2,1-2H3,(H,11,12). The van der Waals surface area contributed by atoms with E-state index in [-0.39, 0.29) is 17.4 Å². The Bertz CT molecular complexity index is 170. The molecule has 0 rings (SSSR count). The number of amides is 1. The first-order chi connectivity index (χ1) is 5.84. The summed E-state index contributed by atoms with van der Waals surface area (Å²) < 4.78 is 34.9. The second-order valence-electron chi connectivity index (χ2n) is 2.91. The van der Waals surface area contributed by atoms with Crippen LogP contribution < -0.4 is 5.32 Å². The Morgan fingerprint density at radius 2 is 1.92 bits per heavy atom. The number of thiol groups is 1. The Morgan fingerprint density at radius 1 is 1.38 bits per heavy atom. The minimum Gasteiger partial charge on any atom is -0.348 e. The Balaban J connectivity index is 3.49. The number of alkyl halides is 3. The minimum atomic E-state index is -4.75. The van der Waals surface area contributed by atoms with Crippen molar-refractivity contribution in [3.63, 3.8) is 0 Å². The fourth-order valence-corrected chi connectivity index (χ4v) is 1.49. The molecule has 1 amide bonds. The van der Waals surface area contributed by atoms with Gasteiger partial charge in [-0.1, -0.05) is 0 Å². The monoisotopic (exact) mass is 217 g/mol. The molecular formula is C7H14F3NOS. The highest BCUT2D eigenvalue weighted by Gasteiger charge is 2.38. The molecule has 0 bridgehead atoms. The molecule has 0 radical (unpaired) electrons. The predicted octanol–water partition coefficient (Wildman–Crippen LogP) is 1.32. The van der Waals surface area contributed by atoms with Gasteiger partial charge in [0.2, 0.25) is 0 Å². The van der Waals surface area contributed by atoms with Crippen LogP contribution in [0.2, 0.25) is 0 Å². The SMILES string of the molecule is C[SH](C)CCCNC(=O)C(F)(F)F.